The molecule has 0 radical (unpaired) electrons. The molecule has 0 unspecified atom stereocenters. The van der Waals surface area contributed by atoms with Crippen LogP contribution in [0, 0.1) is 5.82 Å². The molecule has 0 spiro atoms. The van der Waals surface area contributed by atoms with E-state index in [1.165, 1.54) is 12.1 Å². The van der Waals surface area contributed by atoms with Crippen LogP contribution in [0.5, 0.6) is 0 Å². The summed E-state index contributed by atoms with van der Waals surface area (Å²) in [6.07, 6.45) is 0.643. The second-order valence-corrected chi connectivity index (χ2v) is 2.79. The Kier molecular flexibility index (Phi) is 3.19. The van der Waals surface area contributed by atoms with E-state index in [1.807, 2.05) is 0 Å². The zero-order chi connectivity index (χ0) is 8.97. The predicted octanol–water partition coefficient (Wildman–Crippen LogP) is 0.420. The first-order valence-electron chi connectivity index (χ1n) is 3.87. The first-order chi connectivity index (χ1) is 5.72. The third kappa shape index (κ3) is 2.60. The number of benzene rings is 1. The largest absolute Gasteiger partial charge is 0.444 e. The van der Waals surface area contributed by atoms with Gasteiger partial charge in [0.2, 0.25) is 0 Å². The molecule has 0 aliphatic heterocycles. The molecule has 0 aromatic heterocycles. The van der Waals surface area contributed by atoms with E-state index in [0.29, 0.717) is 6.42 Å². The molecule has 1 aromatic rings. The molecule has 1 aromatic carbocycles. The minimum absolute atomic E-state index is 0.143. The van der Waals surface area contributed by atoms with Crippen molar-refractivity contribution >= 4 is 0 Å². The van der Waals surface area contributed by atoms with Crippen molar-refractivity contribution in [1.29, 1.82) is 0 Å². The smallest absolute Gasteiger partial charge is 0.159 e. The maximum atomic E-state index is 12.4. The van der Waals surface area contributed by atoms with Crippen molar-refractivity contribution in [2.45, 2.75) is 12.5 Å². The lowest BCUT2D eigenvalue weighted by Gasteiger charge is -2.04. The number of rotatable bonds is 3. The number of hydrogen-bond acceptors (Lipinski definition) is 1. The van der Waals surface area contributed by atoms with Crippen molar-refractivity contribution in [2.24, 2.45) is 5.73 Å². The van der Waals surface area contributed by atoms with E-state index in [-0.39, 0.29) is 18.5 Å². The molecule has 1 atom stereocenters. The van der Waals surface area contributed by atoms with Crippen molar-refractivity contribution in [3.8, 4) is 0 Å². The van der Waals surface area contributed by atoms with Gasteiger partial charge >= 0.3 is 0 Å². The van der Waals surface area contributed by atoms with Gasteiger partial charge in [-0.05, 0) is 24.1 Å². The van der Waals surface area contributed by atoms with Crippen LogP contribution in [0.25, 0.3) is 0 Å². The van der Waals surface area contributed by atoms with Crippen LogP contribution in [0.1, 0.15) is 5.56 Å². The van der Waals surface area contributed by atoms with Crippen molar-refractivity contribution in [2.75, 3.05) is 6.61 Å². The molecule has 0 bridgehead atoms. The van der Waals surface area contributed by atoms with Crippen LogP contribution in [-0.4, -0.2) is 17.8 Å². The van der Waals surface area contributed by atoms with Gasteiger partial charge in [-0.15, -0.1) is 0 Å². The zero-order valence-electron chi connectivity index (χ0n) is 6.76. The summed E-state index contributed by atoms with van der Waals surface area (Å²) >= 11 is 0. The Morgan fingerprint density at radius 3 is 2.42 bits per heavy atom. The average Bonchev–Trinajstić information content (AvgIpc) is 2.09. The van der Waals surface area contributed by atoms with Crippen LogP contribution in [0.15, 0.2) is 24.3 Å². The number of nitrogens with two attached hydrogens (primary N) is 1. The van der Waals surface area contributed by atoms with Crippen molar-refractivity contribution in [1.82, 2.24) is 0 Å². The molecule has 1 rings (SSSR count). The average molecular weight is 170 g/mol. The molecule has 4 N–H and O–H groups in total. The third-order valence-corrected chi connectivity index (χ3v) is 1.67. The summed E-state index contributed by atoms with van der Waals surface area (Å²) in [5.74, 6) is -0.238. The molecule has 0 aliphatic carbocycles. The second kappa shape index (κ2) is 4.18. The van der Waals surface area contributed by atoms with Gasteiger partial charge in [0.1, 0.15) is 5.82 Å². The van der Waals surface area contributed by atoms with Gasteiger partial charge in [-0.3, -0.25) is 0 Å². The lowest BCUT2D eigenvalue weighted by Crippen LogP contribution is -2.26. The van der Waals surface area contributed by atoms with Crippen molar-refractivity contribution < 1.29 is 9.50 Å². The van der Waals surface area contributed by atoms with Gasteiger partial charge in [-0.1, -0.05) is 12.1 Å². The minimum Gasteiger partial charge on any atom is -0.444 e. The van der Waals surface area contributed by atoms with E-state index in [2.05, 4.69) is 0 Å². The van der Waals surface area contributed by atoms with Gasteiger partial charge in [0.15, 0.2) is 6.61 Å². The Labute approximate surface area is 70.8 Å². The van der Waals surface area contributed by atoms with E-state index < -0.39 is 0 Å². The highest BCUT2D eigenvalue weighted by Gasteiger charge is 2.03. The maximum absolute atomic E-state index is 12.4. The summed E-state index contributed by atoms with van der Waals surface area (Å²) < 4.78 is 12.4. The summed E-state index contributed by atoms with van der Waals surface area (Å²) in [5, 5.41) is 7.00. The summed E-state index contributed by atoms with van der Waals surface area (Å²) in [5.41, 5.74) is 6.54. The van der Waals surface area contributed by atoms with E-state index in [4.69, 9.17) is 10.8 Å². The normalized spacial score (nSPS) is 12.9. The van der Waals surface area contributed by atoms with Gasteiger partial charge in [0.25, 0.3) is 0 Å². The predicted molar refractivity (Wildman–Crippen MR) is 46.6 cm³/mol. The number of halogens is 1. The monoisotopic (exact) mass is 170 g/mol. The van der Waals surface area contributed by atoms with Crippen molar-refractivity contribution in [3.05, 3.63) is 35.6 Å². The second-order valence-electron chi connectivity index (χ2n) is 2.79. The van der Waals surface area contributed by atoms with Gasteiger partial charge in [0.05, 0.1) is 6.04 Å². The van der Waals surface area contributed by atoms with Gasteiger partial charge in [-0.25, -0.2) is 4.39 Å². The molecule has 2 nitrogen and oxygen atoms in total. The SMILES string of the molecule is N[C@@H](C[OH2+])Cc1ccc(F)cc1. The highest BCUT2D eigenvalue weighted by atomic mass is 19.1. The first kappa shape index (κ1) is 9.16. The summed E-state index contributed by atoms with van der Waals surface area (Å²) in [6.45, 7) is 0.206. The Balaban J connectivity index is 2.58. The lowest BCUT2D eigenvalue weighted by atomic mass is 10.1. The highest BCUT2D eigenvalue weighted by Crippen LogP contribution is 2.04. The fourth-order valence-electron chi connectivity index (χ4n) is 0.995. The molecule has 0 amide bonds. The maximum Gasteiger partial charge on any atom is 0.159 e. The third-order valence-electron chi connectivity index (χ3n) is 1.67. The van der Waals surface area contributed by atoms with Gasteiger partial charge in [-0.2, -0.15) is 0 Å². The molecular formula is C9H13FNO+. The standard InChI is InChI=1S/C9H12FNO/c10-8-3-1-7(2-4-8)5-9(11)6-12/h1-4,9,12H,5-6,11H2/p+1/t9-/m1/s1. The fraction of sp³-hybridized carbons (Fsp3) is 0.333. The van der Waals surface area contributed by atoms with Crippen LogP contribution in [0.3, 0.4) is 0 Å². The Bertz CT molecular complexity index is 235. The van der Waals surface area contributed by atoms with Crippen LogP contribution in [0.4, 0.5) is 4.39 Å². The Hall–Kier alpha value is -0.930. The van der Waals surface area contributed by atoms with E-state index >= 15 is 0 Å². The molecule has 0 saturated heterocycles. The van der Waals surface area contributed by atoms with Crippen LogP contribution < -0.4 is 5.73 Å². The van der Waals surface area contributed by atoms with E-state index in [9.17, 15) is 4.39 Å². The van der Waals surface area contributed by atoms with E-state index in [1.54, 1.807) is 12.1 Å². The molecule has 0 aliphatic rings. The van der Waals surface area contributed by atoms with Crippen LogP contribution in [0.2, 0.25) is 0 Å². The quantitative estimate of drug-likeness (QED) is 0.657. The molecule has 12 heavy (non-hydrogen) atoms. The molecule has 0 saturated carbocycles. The fourth-order valence-corrected chi connectivity index (χ4v) is 0.995. The number of hydrogen-bond donors (Lipinski definition) is 1. The molecular weight excluding hydrogens is 157 g/mol. The topological polar surface area (TPSA) is 48.9 Å². The van der Waals surface area contributed by atoms with Crippen LogP contribution >= 0.6 is 0 Å². The molecule has 0 fully saturated rings. The Morgan fingerprint density at radius 2 is 1.92 bits per heavy atom. The zero-order valence-corrected chi connectivity index (χ0v) is 6.76. The van der Waals surface area contributed by atoms with E-state index in [0.717, 1.165) is 5.56 Å². The molecule has 3 heteroatoms. The minimum atomic E-state index is -0.238. The molecule has 66 valence electrons. The first-order valence-corrected chi connectivity index (χ1v) is 3.87. The summed E-state index contributed by atoms with van der Waals surface area (Å²) in [6, 6.07) is 6.07. The summed E-state index contributed by atoms with van der Waals surface area (Å²) in [7, 11) is 0. The lowest BCUT2D eigenvalue weighted by molar-refractivity contribution is 0.265. The van der Waals surface area contributed by atoms with Crippen molar-refractivity contribution in [3.63, 3.8) is 0 Å². The summed E-state index contributed by atoms with van der Waals surface area (Å²) in [4.78, 5) is 0. The van der Waals surface area contributed by atoms with Crippen LogP contribution in [-0.2, 0) is 6.42 Å². The highest BCUT2D eigenvalue weighted by molar-refractivity contribution is 5.16. The Morgan fingerprint density at radius 1 is 1.33 bits per heavy atom. The molecule has 0 heterocycles. The van der Waals surface area contributed by atoms with Gasteiger partial charge in [0, 0.05) is 0 Å². The van der Waals surface area contributed by atoms with Gasteiger partial charge < -0.3 is 10.8 Å².